The fraction of sp³-hybridized carbons (Fsp3) is 0.125. The van der Waals surface area contributed by atoms with Crippen molar-refractivity contribution in [2.45, 2.75) is 24.7 Å². The second-order valence-electron chi connectivity index (χ2n) is 9.20. The fourth-order valence-electron chi connectivity index (χ4n) is 6.31. The molecule has 0 atom stereocenters. The second kappa shape index (κ2) is 6.93. The van der Waals surface area contributed by atoms with E-state index in [1.165, 1.54) is 54.3 Å². The molecule has 4 aromatic carbocycles. The summed E-state index contributed by atoms with van der Waals surface area (Å²) >= 11 is 0. The third-order valence-electron chi connectivity index (χ3n) is 7.63. The molecular formula is C32H24. The van der Waals surface area contributed by atoms with E-state index in [0.29, 0.717) is 11.8 Å². The monoisotopic (exact) mass is 408 g/mol. The molecule has 0 aromatic heterocycles. The minimum absolute atomic E-state index is 0.458. The molecule has 0 radical (unpaired) electrons. The van der Waals surface area contributed by atoms with Gasteiger partial charge in [0.25, 0.3) is 0 Å². The van der Waals surface area contributed by atoms with Crippen molar-refractivity contribution in [2.24, 2.45) is 0 Å². The van der Waals surface area contributed by atoms with E-state index in [9.17, 15) is 0 Å². The van der Waals surface area contributed by atoms with Gasteiger partial charge in [0.1, 0.15) is 0 Å². The van der Waals surface area contributed by atoms with Gasteiger partial charge in [-0.2, -0.15) is 0 Å². The summed E-state index contributed by atoms with van der Waals surface area (Å²) in [5, 5.41) is 5.60. The lowest BCUT2D eigenvalue weighted by Crippen LogP contribution is -2.09. The van der Waals surface area contributed by atoms with Crippen LogP contribution in [0.5, 0.6) is 0 Å². The van der Waals surface area contributed by atoms with Crippen molar-refractivity contribution in [3.8, 4) is 11.1 Å². The molecule has 3 aliphatic carbocycles. The van der Waals surface area contributed by atoms with E-state index in [2.05, 4.69) is 109 Å². The zero-order valence-corrected chi connectivity index (χ0v) is 18.0. The van der Waals surface area contributed by atoms with E-state index in [-0.39, 0.29) is 0 Å². The van der Waals surface area contributed by atoms with Crippen molar-refractivity contribution < 1.29 is 0 Å². The van der Waals surface area contributed by atoms with Gasteiger partial charge in [-0.05, 0) is 67.1 Å². The summed E-state index contributed by atoms with van der Waals surface area (Å²) in [6.07, 6.45) is 11.2. The van der Waals surface area contributed by atoms with Gasteiger partial charge in [-0.25, -0.2) is 0 Å². The molecule has 0 amide bonds. The van der Waals surface area contributed by atoms with Gasteiger partial charge in [0, 0.05) is 11.8 Å². The number of hydrogen-bond acceptors (Lipinski definition) is 0. The van der Waals surface area contributed by atoms with Crippen LogP contribution in [0.3, 0.4) is 0 Å². The van der Waals surface area contributed by atoms with Gasteiger partial charge in [-0.15, -0.1) is 0 Å². The molecule has 0 bridgehead atoms. The Hall–Kier alpha value is -3.64. The maximum absolute atomic E-state index is 2.36. The predicted molar refractivity (Wildman–Crippen MR) is 133 cm³/mol. The van der Waals surface area contributed by atoms with Gasteiger partial charge in [0.05, 0.1) is 0 Å². The molecule has 152 valence electrons. The molecular weight excluding hydrogens is 384 g/mol. The molecule has 4 aromatic rings. The Balaban J connectivity index is 1.35. The molecule has 7 rings (SSSR count). The molecule has 0 heterocycles. The lowest BCUT2D eigenvalue weighted by Gasteiger charge is -2.19. The Kier molecular flexibility index (Phi) is 3.90. The van der Waals surface area contributed by atoms with Gasteiger partial charge in [0.2, 0.25) is 0 Å². The normalized spacial score (nSPS) is 18.4. The van der Waals surface area contributed by atoms with E-state index in [1.807, 2.05) is 0 Å². The summed E-state index contributed by atoms with van der Waals surface area (Å²) in [4.78, 5) is 0. The summed E-state index contributed by atoms with van der Waals surface area (Å²) in [5.41, 5.74) is 8.85. The zero-order chi connectivity index (χ0) is 21.1. The Labute approximate surface area is 188 Å². The number of allylic oxidation sites excluding steroid dienone is 2. The lowest BCUT2D eigenvalue weighted by atomic mass is 9.84. The maximum Gasteiger partial charge on any atom is 0.0102 e. The van der Waals surface area contributed by atoms with E-state index in [1.54, 1.807) is 0 Å². The smallest absolute Gasteiger partial charge is 0.0102 e. The van der Waals surface area contributed by atoms with Crippen LogP contribution in [0.4, 0.5) is 0 Å². The van der Waals surface area contributed by atoms with Crippen LogP contribution in [0.2, 0.25) is 0 Å². The number of fused-ring (bicyclic) bond motifs is 3. The van der Waals surface area contributed by atoms with Crippen LogP contribution in [0.15, 0.2) is 97.1 Å². The first-order chi connectivity index (χ1) is 15.9. The number of rotatable bonds is 3. The van der Waals surface area contributed by atoms with Crippen molar-refractivity contribution in [2.75, 3.05) is 0 Å². The third-order valence-corrected chi connectivity index (χ3v) is 7.63. The topological polar surface area (TPSA) is 0 Å². The van der Waals surface area contributed by atoms with Crippen LogP contribution in [0, 0.1) is 10.4 Å². The molecule has 0 N–H and O–H groups in total. The molecule has 0 unspecified atom stereocenters. The van der Waals surface area contributed by atoms with Gasteiger partial charge >= 0.3 is 0 Å². The second-order valence-corrected chi connectivity index (χ2v) is 9.20. The molecule has 0 fully saturated rings. The summed E-state index contributed by atoms with van der Waals surface area (Å²) < 4.78 is 0. The lowest BCUT2D eigenvalue weighted by molar-refractivity contribution is 0.622. The SMILES string of the molecule is C1=C\C=c2\cccc3c2=c2c(ccc/c2=C/1)C3CCC1c2ccccc2-c2ccccc21. The summed E-state index contributed by atoms with van der Waals surface area (Å²) in [5.74, 6) is 0.941. The van der Waals surface area contributed by atoms with Crippen LogP contribution in [0.1, 0.15) is 46.9 Å². The Morgan fingerprint density at radius 2 is 0.875 bits per heavy atom. The molecule has 0 aliphatic heterocycles. The van der Waals surface area contributed by atoms with E-state index in [0.717, 1.165) is 12.8 Å². The summed E-state index contributed by atoms with van der Waals surface area (Å²) in [7, 11) is 0. The van der Waals surface area contributed by atoms with Crippen molar-refractivity contribution in [1.29, 1.82) is 0 Å². The molecule has 32 heavy (non-hydrogen) atoms. The quantitative estimate of drug-likeness (QED) is 0.382. The Morgan fingerprint density at radius 3 is 1.41 bits per heavy atom. The van der Waals surface area contributed by atoms with Gasteiger partial charge in [-0.3, -0.25) is 0 Å². The average Bonchev–Trinajstić information content (AvgIpc) is 3.32. The summed E-state index contributed by atoms with van der Waals surface area (Å²) in [6.45, 7) is 0. The molecule has 3 aliphatic rings. The van der Waals surface area contributed by atoms with Gasteiger partial charge in [0.15, 0.2) is 0 Å². The van der Waals surface area contributed by atoms with Crippen molar-refractivity contribution in [3.63, 3.8) is 0 Å². The van der Waals surface area contributed by atoms with Crippen LogP contribution in [-0.4, -0.2) is 0 Å². The largest absolute Gasteiger partial charge is 0.0619 e. The number of benzene rings is 4. The standard InChI is InChI=1S/C32H24/c1-2-10-22-12-8-18-30-28(29-17-7-11-21(9-1)31(29)32(22)30)20-19-27-25-15-5-3-13-23(25)24-14-4-6-16-26(24)27/h1-18,27-28H,19-20H2/b2-1-,9-1?,10-2?,21-9-,22-10-. The minimum atomic E-state index is 0.458. The van der Waals surface area contributed by atoms with Crippen molar-refractivity contribution in [1.82, 2.24) is 0 Å². The van der Waals surface area contributed by atoms with Crippen LogP contribution >= 0.6 is 0 Å². The molecule has 0 nitrogen and oxygen atoms in total. The first-order valence-corrected chi connectivity index (χ1v) is 11.7. The van der Waals surface area contributed by atoms with Crippen molar-refractivity contribution >= 4 is 12.2 Å². The minimum Gasteiger partial charge on any atom is -0.0619 e. The Morgan fingerprint density at radius 1 is 0.438 bits per heavy atom. The summed E-state index contributed by atoms with van der Waals surface area (Å²) in [6, 6.07) is 31.7. The third kappa shape index (κ3) is 2.50. The first kappa shape index (κ1) is 18.0. The van der Waals surface area contributed by atoms with Crippen LogP contribution in [-0.2, 0) is 0 Å². The Bertz CT molecular complexity index is 1520. The highest BCUT2D eigenvalue weighted by atomic mass is 14.3. The zero-order valence-electron chi connectivity index (χ0n) is 18.0. The van der Waals surface area contributed by atoms with Crippen LogP contribution < -0.4 is 10.4 Å². The fourth-order valence-corrected chi connectivity index (χ4v) is 6.31. The molecule has 0 saturated heterocycles. The van der Waals surface area contributed by atoms with E-state index >= 15 is 0 Å². The molecule has 0 spiro atoms. The van der Waals surface area contributed by atoms with Gasteiger partial charge < -0.3 is 0 Å². The highest BCUT2D eigenvalue weighted by Gasteiger charge is 2.30. The number of hydrogen-bond donors (Lipinski definition) is 0. The average molecular weight is 409 g/mol. The highest BCUT2D eigenvalue weighted by Crippen LogP contribution is 2.48. The predicted octanol–water partition coefficient (Wildman–Crippen LogP) is 6.14. The van der Waals surface area contributed by atoms with E-state index in [4.69, 9.17) is 0 Å². The van der Waals surface area contributed by atoms with Crippen LogP contribution in [0.25, 0.3) is 23.3 Å². The first-order valence-electron chi connectivity index (χ1n) is 11.7. The molecule has 0 heteroatoms. The molecule has 0 saturated carbocycles. The highest BCUT2D eigenvalue weighted by molar-refractivity contribution is 5.78. The van der Waals surface area contributed by atoms with Gasteiger partial charge in [-0.1, -0.05) is 109 Å². The maximum atomic E-state index is 2.36. The van der Waals surface area contributed by atoms with Crippen molar-refractivity contribution in [3.05, 3.63) is 140 Å². The van der Waals surface area contributed by atoms with E-state index < -0.39 is 0 Å².